The first-order chi connectivity index (χ1) is 8.86. The minimum absolute atomic E-state index is 0.215. The van der Waals surface area contributed by atoms with Crippen LogP contribution in [0, 0.1) is 0 Å². The van der Waals surface area contributed by atoms with Crippen LogP contribution < -0.4 is 5.32 Å². The van der Waals surface area contributed by atoms with Gasteiger partial charge in [0.2, 0.25) is 0 Å². The number of rotatable bonds is 6. The van der Waals surface area contributed by atoms with Crippen molar-refractivity contribution in [3.05, 3.63) is 0 Å². The van der Waals surface area contributed by atoms with Gasteiger partial charge in [0.05, 0.1) is 18.8 Å². The summed E-state index contributed by atoms with van der Waals surface area (Å²) in [6, 6.07) is -1.08. The second kappa shape index (κ2) is 7.46. The largest absolute Gasteiger partial charge is 0.394 e. The van der Waals surface area contributed by atoms with Gasteiger partial charge in [0.25, 0.3) is 0 Å². The standard InChI is InChI=1S/C11H23NO7/c1-5(14)2-3-7(15)12-8-10(17)9(16)6(4-13)19-11(8)18/h5-18H,2-4H2,1H3/t5?,6?,7?,8-,9+,10-,11?/m1/s1. The SMILES string of the molecule is CC(O)CCC(O)N[C@H]1C(O)OC(CO)[C@H](O)[C@@H]1O. The van der Waals surface area contributed by atoms with E-state index in [1.165, 1.54) is 0 Å². The Hall–Kier alpha value is -0.320. The second-order valence-corrected chi connectivity index (χ2v) is 4.86. The molecule has 1 heterocycles. The molecule has 0 aliphatic carbocycles. The van der Waals surface area contributed by atoms with Crippen LogP contribution in [0.4, 0.5) is 0 Å². The Morgan fingerprint density at radius 2 is 1.74 bits per heavy atom. The van der Waals surface area contributed by atoms with Gasteiger partial charge in [-0.05, 0) is 19.8 Å². The van der Waals surface area contributed by atoms with Gasteiger partial charge in [-0.2, -0.15) is 0 Å². The van der Waals surface area contributed by atoms with Crippen LogP contribution in [0.3, 0.4) is 0 Å². The fourth-order valence-electron chi connectivity index (χ4n) is 1.98. The normalized spacial score (nSPS) is 39.0. The van der Waals surface area contributed by atoms with Crippen LogP contribution in [-0.4, -0.2) is 80.2 Å². The molecule has 1 aliphatic heterocycles. The highest BCUT2D eigenvalue weighted by Crippen LogP contribution is 2.20. The predicted molar refractivity (Wildman–Crippen MR) is 63.8 cm³/mol. The average molecular weight is 281 g/mol. The molecule has 1 aliphatic rings. The van der Waals surface area contributed by atoms with Gasteiger partial charge in [0.1, 0.15) is 24.5 Å². The Morgan fingerprint density at radius 3 is 2.26 bits per heavy atom. The average Bonchev–Trinajstić information content (AvgIpc) is 2.36. The number of hydrogen-bond donors (Lipinski definition) is 7. The lowest BCUT2D eigenvalue weighted by Crippen LogP contribution is -2.64. The molecule has 0 aromatic carbocycles. The Morgan fingerprint density at radius 1 is 1.11 bits per heavy atom. The van der Waals surface area contributed by atoms with Gasteiger partial charge in [-0.15, -0.1) is 0 Å². The predicted octanol–water partition coefficient (Wildman–Crippen LogP) is -3.14. The summed E-state index contributed by atoms with van der Waals surface area (Å²) in [5, 5.41) is 59.3. The molecule has 0 radical (unpaired) electrons. The summed E-state index contributed by atoms with van der Waals surface area (Å²) in [7, 11) is 0. The molecule has 8 heteroatoms. The van der Waals surface area contributed by atoms with Crippen molar-refractivity contribution in [3.8, 4) is 0 Å². The van der Waals surface area contributed by atoms with E-state index in [2.05, 4.69) is 5.32 Å². The lowest BCUT2D eigenvalue weighted by atomic mass is 9.97. The Bertz CT molecular complexity index is 265. The van der Waals surface area contributed by atoms with Crippen LogP contribution in [0.1, 0.15) is 19.8 Å². The van der Waals surface area contributed by atoms with Gasteiger partial charge >= 0.3 is 0 Å². The molecular formula is C11H23NO7. The van der Waals surface area contributed by atoms with Crippen molar-refractivity contribution in [2.24, 2.45) is 0 Å². The summed E-state index contributed by atoms with van der Waals surface area (Å²) in [5.41, 5.74) is 0. The lowest BCUT2D eigenvalue weighted by molar-refractivity contribution is -0.258. The second-order valence-electron chi connectivity index (χ2n) is 4.86. The molecule has 19 heavy (non-hydrogen) atoms. The molecule has 0 amide bonds. The maximum absolute atomic E-state index is 9.81. The van der Waals surface area contributed by atoms with Crippen molar-refractivity contribution in [3.63, 3.8) is 0 Å². The minimum Gasteiger partial charge on any atom is -0.394 e. The lowest BCUT2D eigenvalue weighted by Gasteiger charge is -2.41. The highest BCUT2D eigenvalue weighted by molar-refractivity contribution is 4.93. The molecule has 8 nitrogen and oxygen atoms in total. The zero-order valence-electron chi connectivity index (χ0n) is 10.8. The van der Waals surface area contributed by atoms with E-state index in [4.69, 9.17) is 14.9 Å². The molecule has 0 spiro atoms. The van der Waals surface area contributed by atoms with E-state index in [1.807, 2.05) is 0 Å². The molecule has 1 saturated heterocycles. The number of hydrogen-bond acceptors (Lipinski definition) is 8. The summed E-state index contributed by atoms with van der Waals surface area (Å²) in [4.78, 5) is 0. The van der Waals surface area contributed by atoms with Gasteiger partial charge in [0.15, 0.2) is 6.29 Å². The van der Waals surface area contributed by atoms with Gasteiger partial charge in [-0.3, -0.25) is 5.32 Å². The number of ether oxygens (including phenoxy) is 1. The van der Waals surface area contributed by atoms with Gasteiger partial charge in [-0.25, -0.2) is 0 Å². The molecule has 1 fully saturated rings. The maximum Gasteiger partial charge on any atom is 0.173 e. The molecule has 0 bridgehead atoms. The number of nitrogens with one attached hydrogen (secondary N) is 1. The van der Waals surface area contributed by atoms with Crippen LogP contribution in [0.2, 0.25) is 0 Å². The number of aliphatic hydroxyl groups is 6. The van der Waals surface area contributed by atoms with E-state index in [-0.39, 0.29) is 6.42 Å². The van der Waals surface area contributed by atoms with E-state index in [0.717, 1.165) is 0 Å². The molecule has 0 saturated carbocycles. The Kier molecular flexibility index (Phi) is 6.57. The Labute approximate surface area is 111 Å². The maximum atomic E-state index is 9.81. The zero-order valence-corrected chi connectivity index (χ0v) is 10.8. The third-order valence-electron chi connectivity index (χ3n) is 3.14. The van der Waals surface area contributed by atoms with Crippen LogP contribution >= 0.6 is 0 Å². The first-order valence-corrected chi connectivity index (χ1v) is 6.29. The molecule has 4 unspecified atom stereocenters. The third-order valence-corrected chi connectivity index (χ3v) is 3.14. The third kappa shape index (κ3) is 4.62. The summed E-state index contributed by atoms with van der Waals surface area (Å²) in [5.74, 6) is 0. The molecule has 1 rings (SSSR count). The first-order valence-electron chi connectivity index (χ1n) is 6.29. The van der Waals surface area contributed by atoms with Crippen molar-refractivity contribution in [2.45, 2.75) is 62.7 Å². The summed E-state index contributed by atoms with van der Waals surface area (Å²) < 4.78 is 4.93. The van der Waals surface area contributed by atoms with Crippen molar-refractivity contribution in [2.75, 3.05) is 6.61 Å². The van der Waals surface area contributed by atoms with Gasteiger partial charge in [0, 0.05) is 0 Å². The topological polar surface area (TPSA) is 143 Å². The smallest absolute Gasteiger partial charge is 0.173 e. The van der Waals surface area contributed by atoms with Crippen LogP contribution in [0.15, 0.2) is 0 Å². The van der Waals surface area contributed by atoms with Crippen molar-refractivity contribution < 1.29 is 35.4 Å². The van der Waals surface area contributed by atoms with Crippen molar-refractivity contribution in [1.29, 1.82) is 0 Å². The van der Waals surface area contributed by atoms with Gasteiger partial charge < -0.3 is 35.4 Å². The minimum atomic E-state index is -1.46. The quantitative estimate of drug-likeness (QED) is 0.253. The monoisotopic (exact) mass is 281 g/mol. The van der Waals surface area contributed by atoms with Crippen LogP contribution in [-0.2, 0) is 4.74 Å². The zero-order chi connectivity index (χ0) is 14.6. The summed E-state index contributed by atoms with van der Waals surface area (Å²) in [6.45, 7) is 1.04. The van der Waals surface area contributed by atoms with E-state index in [9.17, 15) is 20.4 Å². The van der Waals surface area contributed by atoms with E-state index >= 15 is 0 Å². The summed E-state index contributed by atoms with van der Waals surface area (Å²) >= 11 is 0. The highest BCUT2D eigenvalue weighted by Gasteiger charge is 2.44. The molecule has 0 aromatic rings. The molecule has 0 aromatic heterocycles. The number of aliphatic hydroxyl groups excluding tert-OH is 6. The van der Waals surface area contributed by atoms with Crippen molar-refractivity contribution >= 4 is 0 Å². The Balaban J connectivity index is 2.52. The molecule has 114 valence electrons. The van der Waals surface area contributed by atoms with Gasteiger partial charge in [-0.1, -0.05) is 0 Å². The highest BCUT2D eigenvalue weighted by atomic mass is 16.6. The first kappa shape index (κ1) is 16.7. The fraction of sp³-hybridized carbons (Fsp3) is 1.00. The van der Waals surface area contributed by atoms with E-state index < -0.39 is 49.6 Å². The molecular weight excluding hydrogens is 258 g/mol. The fourth-order valence-corrected chi connectivity index (χ4v) is 1.98. The summed E-state index contributed by atoms with van der Waals surface area (Å²) in [6.07, 6.45) is -6.36. The molecule has 7 N–H and O–H groups in total. The van der Waals surface area contributed by atoms with E-state index in [0.29, 0.717) is 6.42 Å². The van der Waals surface area contributed by atoms with Crippen LogP contribution in [0.5, 0.6) is 0 Å². The molecule has 7 atom stereocenters. The van der Waals surface area contributed by atoms with Crippen LogP contribution in [0.25, 0.3) is 0 Å². The van der Waals surface area contributed by atoms with Crippen molar-refractivity contribution in [1.82, 2.24) is 5.32 Å². The van der Waals surface area contributed by atoms with E-state index in [1.54, 1.807) is 6.92 Å².